The fourth-order valence-electron chi connectivity index (χ4n) is 2.05. The highest BCUT2D eigenvalue weighted by molar-refractivity contribution is 7.90. The zero-order valence-electron chi connectivity index (χ0n) is 14.2. The van der Waals surface area contributed by atoms with Gasteiger partial charge in [0.15, 0.2) is 27.9 Å². The van der Waals surface area contributed by atoms with Crippen LogP contribution in [-0.4, -0.2) is 33.8 Å². The Morgan fingerprint density at radius 2 is 1.72 bits per heavy atom. The molecule has 0 fully saturated rings. The van der Waals surface area contributed by atoms with Crippen LogP contribution in [0.1, 0.15) is 13.3 Å². The lowest BCUT2D eigenvalue weighted by atomic mass is 10.3. The van der Waals surface area contributed by atoms with Crippen molar-refractivity contribution >= 4 is 21.4 Å². The van der Waals surface area contributed by atoms with Crippen LogP contribution in [0.25, 0.3) is 0 Å². The van der Waals surface area contributed by atoms with Crippen LogP contribution in [0.5, 0.6) is 11.5 Å². The van der Waals surface area contributed by atoms with E-state index in [0.717, 1.165) is 12.7 Å². The summed E-state index contributed by atoms with van der Waals surface area (Å²) in [6, 6.07) is 13.2. The predicted molar refractivity (Wildman–Crippen MR) is 95.9 cm³/mol. The van der Waals surface area contributed by atoms with Crippen LogP contribution in [0.3, 0.4) is 0 Å². The lowest BCUT2D eigenvalue weighted by Gasteiger charge is -2.12. The molecular formula is C18H21NO5S. The maximum absolute atomic E-state index is 12.0. The highest BCUT2D eigenvalue weighted by atomic mass is 32.2. The van der Waals surface area contributed by atoms with Gasteiger partial charge in [-0.25, -0.2) is 8.42 Å². The minimum absolute atomic E-state index is 0.143. The van der Waals surface area contributed by atoms with Gasteiger partial charge in [0.05, 0.1) is 11.5 Å². The lowest BCUT2D eigenvalue weighted by Crippen LogP contribution is -2.20. The summed E-state index contributed by atoms with van der Waals surface area (Å²) in [6.07, 6.45) is 1.98. The van der Waals surface area contributed by atoms with E-state index in [4.69, 9.17) is 9.47 Å². The van der Waals surface area contributed by atoms with Crippen molar-refractivity contribution in [1.82, 2.24) is 0 Å². The van der Waals surface area contributed by atoms with Crippen molar-refractivity contribution in [3.05, 3.63) is 48.5 Å². The van der Waals surface area contributed by atoms with Crippen molar-refractivity contribution in [1.29, 1.82) is 0 Å². The van der Waals surface area contributed by atoms with E-state index in [2.05, 4.69) is 5.32 Å². The monoisotopic (exact) mass is 363 g/mol. The van der Waals surface area contributed by atoms with Crippen molar-refractivity contribution in [3.63, 3.8) is 0 Å². The summed E-state index contributed by atoms with van der Waals surface area (Å²) in [7, 11) is -3.33. The van der Waals surface area contributed by atoms with E-state index in [1.54, 1.807) is 30.3 Å². The zero-order chi connectivity index (χ0) is 18.3. The number of para-hydroxylation sites is 2. The van der Waals surface area contributed by atoms with Crippen molar-refractivity contribution in [2.45, 2.75) is 18.2 Å². The molecule has 1 amide bonds. The van der Waals surface area contributed by atoms with Gasteiger partial charge in [-0.3, -0.25) is 4.79 Å². The number of carbonyl (C=O) groups excluding carboxylic acids is 1. The van der Waals surface area contributed by atoms with Crippen LogP contribution in [-0.2, 0) is 14.6 Å². The lowest BCUT2D eigenvalue weighted by molar-refractivity contribution is -0.118. The summed E-state index contributed by atoms with van der Waals surface area (Å²) in [4.78, 5) is 12.2. The molecule has 7 heteroatoms. The van der Waals surface area contributed by atoms with E-state index in [9.17, 15) is 13.2 Å². The number of nitrogens with one attached hydrogen (secondary N) is 1. The molecule has 6 nitrogen and oxygen atoms in total. The third-order valence-corrected chi connectivity index (χ3v) is 4.33. The van der Waals surface area contributed by atoms with Gasteiger partial charge in [-0.15, -0.1) is 0 Å². The highest BCUT2D eigenvalue weighted by Gasteiger charge is 2.10. The maximum atomic E-state index is 12.0. The Balaban J connectivity index is 1.98. The second-order valence-electron chi connectivity index (χ2n) is 5.43. The van der Waals surface area contributed by atoms with Gasteiger partial charge >= 0.3 is 0 Å². The normalized spacial score (nSPS) is 11.0. The number of carbonyl (C=O) groups is 1. The Bertz CT molecular complexity index is 833. The van der Waals surface area contributed by atoms with Crippen LogP contribution in [0, 0.1) is 0 Å². The molecule has 2 aromatic rings. The predicted octanol–water partition coefficient (Wildman–Crippen LogP) is 2.90. The summed E-state index contributed by atoms with van der Waals surface area (Å²) in [5.41, 5.74) is 0.395. The van der Waals surface area contributed by atoms with Crippen LogP contribution in [0.2, 0.25) is 0 Å². The van der Waals surface area contributed by atoms with Crippen LogP contribution >= 0.6 is 0 Å². The van der Waals surface area contributed by atoms with Gasteiger partial charge in [0.25, 0.3) is 5.91 Å². The topological polar surface area (TPSA) is 81.7 Å². The molecule has 0 aliphatic carbocycles. The summed E-state index contributed by atoms with van der Waals surface area (Å²) in [5.74, 6) is 0.670. The summed E-state index contributed by atoms with van der Waals surface area (Å²) < 4.78 is 34.2. The molecule has 0 atom stereocenters. The molecule has 2 aromatic carbocycles. The number of anilines is 1. The van der Waals surface area contributed by atoms with E-state index in [1.807, 2.05) is 13.0 Å². The molecule has 0 aromatic heterocycles. The smallest absolute Gasteiger partial charge is 0.262 e. The SMILES string of the molecule is CCCOc1ccccc1OCC(=O)Nc1cccc(S(C)(=O)=O)c1. The van der Waals surface area contributed by atoms with Gasteiger partial charge < -0.3 is 14.8 Å². The number of ether oxygens (including phenoxy) is 2. The average Bonchev–Trinajstić information content (AvgIpc) is 2.58. The first kappa shape index (κ1) is 18.8. The molecule has 134 valence electrons. The van der Waals surface area contributed by atoms with Crippen LogP contribution in [0.15, 0.2) is 53.4 Å². The minimum atomic E-state index is -3.33. The van der Waals surface area contributed by atoms with Crippen LogP contribution < -0.4 is 14.8 Å². The van der Waals surface area contributed by atoms with Gasteiger partial charge in [-0.05, 0) is 36.8 Å². The first-order valence-corrected chi connectivity index (χ1v) is 9.74. The second-order valence-corrected chi connectivity index (χ2v) is 7.45. The molecular weight excluding hydrogens is 342 g/mol. The van der Waals surface area contributed by atoms with Gasteiger partial charge in [0.1, 0.15) is 0 Å². The van der Waals surface area contributed by atoms with Gasteiger partial charge in [-0.2, -0.15) is 0 Å². The van der Waals surface area contributed by atoms with E-state index in [0.29, 0.717) is 23.8 Å². The Kier molecular flexibility index (Phi) is 6.41. The number of amides is 1. The third kappa shape index (κ3) is 5.79. The van der Waals surface area contributed by atoms with Crippen molar-refractivity contribution in [2.75, 3.05) is 24.8 Å². The molecule has 0 aliphatic rings. The third-order valence-electron chi connectivity index (χ3n) is 3.22. The van der Waals surface area contributed by atoms with Crippen molar-refractivity contribution in [2.24, 2.45) is 0 Å². The number of hydrogen-bond donors (Lipinski definition) is 1. The van der Waals surface area contributed by atoms with Crippen LogP contribution in [0.4, 0.5) is 5.69 Å². The Morgan fingerprint density at radius 1 is 1.04 bits per heavy atom. The molecule has 0 unspecified atom stereocenters. The van der Waals surface area contributed by atoms with E-state index < -0.39 is 15.7 Å². The standard InChI is InChI=1S/C18H21NO5S/c1-3-11-23-16-9-4-5-10-17(16)24-13-18(20)19-14-7-6-8-15(12-14)25(2,21)22/h4-10,12H,3,11,13H2,1-2H3,(H,19,20). The van der Waals surface area contributed by atoms with E-state index in [1.165, 1.54) is 12.1 Å². The number of rotatable bonds is 8. The largest absolute Gasteiger partial charge is 0.490 e. The maximum Gasteiger partial charge on any atom is 0.262 e. The molecule has 0 saturated carbocycles. The fraction of sp³-hybridized carbons (Fsp3) is 0.278. The molecule has 0 saturated heterocycles. The zero-order valence-corrected chi connectivity index (χ0v) is 15.0. The van der Waals surface area contributed by atoms with E-state index >= 15 is 0 Å². The Morgan fingerprint density at radius 3 is 2.36 bits per heavy atom. The van der Waals surface area contributed by atoms with Crippen molar-refractivity contribution < 1.29 is 22.7 Å². The summed E-state index contributed by atoms with van der Waals surface area (Å²) in [5, 5.41) is 2.62. The molecule has 0 aliphatic heterocycles. The number of sulfone groups is 1. The number of benzene rings is 2. The molecule has 25 heavy (non-hydrogen) atoms. The molecule has 2 rings (SSSR count). The fourth-order valence-corrected chi connectivity index (χ4v) is 2.71. The average molecular weight is 363 g/mol. The molecule has 1 N–H and O–H groups in total. The first-order valence-electron chi connectivity index (χ1n) is 7.84. The molecule has 0 heterocycles. The first-order chi connectivity index (χ1) is 11.9. The molecule has 0 bridgehead atoms. The van der Waals surface area contributed by atoms with Gasteiger partial charge in [0.2, 0.25) is 0 Å². The Hall–Kier alpha value is -2.54. The summed E-state index contributed by atoms with van der Waals surface area (Å²) in [6.45, 7) is 2.35. The summed E-state index contributed by atoms with van der Waals surface area (Å²) >= 11 is 0. The highest BCUT2D eigenvalue weighted by Crippen LogP contribution is 2.26. The number of hydrogen-bond acceptors (Lipinski definition) is 5. The minimum Gasteiger partial charge on any atom is -0.490 e. The quantitative estimate of drug-likeness (QED) is 0.780. The Labute approximate surface area is 147 Å². The van der Waals surface area contributed by atoms with Crippen molar-refractivity contribution in [3.8, 4) is 11.5 Å². The van der Waals surface area contributed by atoms with Gasteiger partial charge in [-0.1, -0.05) is 25.1 Å². The second kappa shape index (κ2) is 8.53. The van der Waals surface area contributed by atoms with Gasteiger partial charge in [0, 0.05) is 11.9 Å². The van der Waals surface area contributed by atoms with E-state index in [-0.39, 0.29) is 11.5 Å². The molecule has 0 spiro atoms. The molecule has 0 radical (unpaired) electrons.